The molecule has 0 aliphatic heterocycles. The van der Waals surface area contributed by atoms with Gasteiger partial charge in [0, 0.05) is 6.42 Å². The zero-order chi connectivity index (χ0) is 14.1. The molecule has 3 aromatic rings. The molecular weight excluding hydrogens is 285 g/mol. The van der Waals surface area contributed by atoms with Gasteiger partial charge in [-0.25, -0.2) is 4.39 Å². The first-order valence-electron chi connectivity index (χ1n) is 5.70. The van der Waals surface area contributed by atoms with Gasteiger partial charge in [-0.3, -0.25) is 5.10 Å². The van der Waals surface area contributed by atoms with Gasteiger partial charge in [0.15, 0.2) is 5.82 Å². The van der Waals surface area contributed by atoms with Crippen molar-refractivity contribution >= 4 is 17.4 Å². The number of H-pyrrole nitrogens is 1. The van der Waals surface area contributed by atoms with Crippen molar-refractivity contribution < 1.29 is 8.91 Å². The number of hydrogen-bond acceptors (Lipinski definition) is 5. The van der Waals surface area contributed by atoms with Crippen LogP contribution < -0.4 is 5.73 Å². The summed E-state index contributed by atoms with van der Waals surface area (Å²) < 4.78 is 18.9. The van der Waals surface area contributed by atoms with Crippen molar-refractivity contribution in [2.45, 2.75) is 6.42 Å². The number of anilines is 1. The quantitative estimate of drug-likeness (QED) is 0.773. The third-order valence-electron chi connectivity index (χ3n) is 2.75. The highest BCUT2D eigenvalue weighted by molar-refractivity contribution is 6.30. The van der Waals surface area contributed by atoms with Gasteiger partial charge in [-0.2, -0.15) is 10.1 Å². The summed E-state index contributed by atoms with van der Waals surface area (Å²) in [5.74, 6) is 0.410. The second kappa shape index (κ2) is 4.93. The van der Waals surface area contributed by atoms with E-state index in [0.717, 1.165) is 0 Å². The van der Waals surface area contributed by atoms with E-state index in [9.17, 15) is 4.39 Å². The van der Waals surface area contributed by atoms with Gasteiger partial charge in [0.1, 0.15) is 17.2 Å². The number of nitrogens with two attached hydrogens (primary N) is 1. The topological polar surface area (TPSA) is 93.6 Å². The van der Waals surface area contributed by atoms with Gasteiger partial charge in [-0.1, -0.05) is 28.9 Å². The minimum absolute atomic E-state index is 0.0605. The summed E-state index contributed by atoms with van der Waals surface area (Å²) in [4.78, 5) is 4.15. The Labute approximate surface area is 117 Å². The number of rotatable bonds is 3. The Morgan fingerprint density at radius 1 is 1.40 bits per heavy atom. The molecule has 0 aliphatic carbocycles. The molecule has 0 amide bonds. The fourth-order valence-corrected chi connectivity index (χ4v) is 1.95. The van der Waals surface area contributed by atoms with E-state index in [-0.39, 0.29) is 17.3 Å². The van der Waals surface area contributed by atoms with Crippen molar-refractivity contribution in [3.63, 3.8) is 0 Å². The third kappa shape index (κ3) is 2.23. The Bertz CT molecular complexity index is 754. The standard InChI is InChI=1S/C12H9ClFN5O/c13-8-3-1-2-6(10(8)14)4-9-17-12(20-19-9)7-5-16-18-11(7)15/h1-3,5H,4H2,(H3,15,16,18). The molecule has 0 radical (unpaired) electrons. The summed E-state index contributed by atoms with van der Waals surface area (Å²) in [7, 11) is 0. The van der Waals surface area contributed by atoms with Crippen LogP contribution in [0.15, 0.2) is 28.9 Å². The highest BCUT2D eigenvalue weighted by Gasteiger charge is 2.15. The monoisotopic (exact) mass is 293 g/mol. The van der Waals surface area contributed by atoms with Crippen LogP contribution in [0.5, 0.6) is 0 Å². The van der Waals surface area contributed by atoms with E-state index in [1.54, 1.807) is 12.1 Å². The van der Waals surface area contributed by atoms with Crippen molar-refractivity contribution in [1.82, 2.24) is 20.3 Å². The van der Waals surface area contributed by atoms with Gasteiger partial charge in [-0.15, -0.1) is 0 Å². The molecule has 0 fully saturated rings. The van der Waals surface area contributed by atoms with E-state index in [0.29, 0.717) is 22.8 Å². The van der Waals surface area contributed by atoms with Gasteiger partial charge in [-0.05, 0) is 11.6 Å². The fraction of sp³-hybridized carbons (Fsp3) is 0.0833. The highest BCUT2D eigenvalue weighted by Crippen LogP contribution is 2.23. The van der Waals surface area contributed by atoms with Gasteiger partial charge in [0.05, 0.1) is 11.2 Å². The van der Waals surface area contributed by atoms with Gasteiger partial charge < -0.3 is 10.3 Å². The lowest BCUT2D eigenvalue weighted by atomic mass is 10.1. The van der Waals surface area contributed by atoms with Crippen LogP contribution in [0.4, 0.5) is 10.2 Å². The fourth-order valence-electron chi connectivity index (χ4n) is 1.76. The van der Waals surface area contributed by atoms with E-state index in [1.807, 2.05) is 0 Å². The van der Waals surface area contributed by atoms with E-state index in [2.05, 4.69) is 20.3 Å². The molecule has 3 N–H and O–H groups in total. The summed E-state index contributed by atoms with van der Waals surface area (Å²) in [6.07, 6.45) is 1.65. The van der Waals surface area contributed by atoms with Crippen LogP contribution in [0.3, 0.4) is 0 Å². The number of nitrogen functional groups attached to an aromatic ring is 1. The molecule has 0 aliphatic rings. The molecule has 1 aromatic carbocycles. The van der Waals surface area contributed by atoms with Crippen LogP contribution in [0.2, 0.25) is 5.02 Å². The van der Waals surface area contributed by atoms with Crippen LogP contribution in [0, 0.1) is 5.82 Å². The largest absolute Gasteiger partial charge is 0.383 e. The predicted octanol–water partition coefficient (Wildman–Crippen LogP) is 2.43. The minimum atomic E-state index is -0.483. The highest BCUT2D eigenvalue weighted by atomic mass is 35.5. The van der Waals surface area contributed by atoms with E-state index < -0.39 is 5.82 Å². The molecule has 0 bridgehead atoms. The van der Waals surface area contributed by atoms with Gasteiger partial charge >= 0.3 is 0 Å². The zero-order valence-corrected chi connectivity index (χ0v) is 10.9. The maximum atomic E-state index is 13.8. The minimum Gasteiger partial charge on any atom is -0.383 e. The van der Waals surface area contributed by atoms with Crippen LogP contribution in [-0.2, 0) is 6.42 Å². The van der Waals surface area contributed by atoms with Crippen molar-refractivity contribution in [1.29, 1.82) is 0 Å². The second-order valence-corrected chi connectivity index (χ2v) is 4.51. The molecule has 0 saturated carbocycles. The number of benzene rings is 1. The van der Waals surface area contributed by atoms with Gasteiger partial charge in [0.2, 0.25) is 0 Å². The summed E-state index contributed by atoms with van der Waals surface area (Å²) in [6.45, 7) is 0. The molecule has 6 nitrogen and oxygen atoms in total. The lowest BCUT2D eigenvalue weighted by Gasteiger charge is -2.00. The second-order valence-electron chi connectivity index (χ2n) is 4.10. The molecule has 0 atom stereocenters. The Balaban J connectivity index is 1.88. The van der Waals surface area contributed by atoms with Crippen LogP contribution in [-0.4, -0.2) is 20.3 Å². The Kier molecular flexibility index (Phi) is 3.11. The first-order valence-corrected chi connectivity index (χ1v) is 6.07. The lowest BCUT2D eigenvalue weighted by molar-refractivity contribution is 0.423. The number of aromatic nitrogens is 4. The molecular formula is C12H9ClFN5O. The van der Waals surface area contributed by atoms with E-state index in [4.69, 9.17) is 21.9 Å². The summed E-state index contributed by atoms with van der Waals surface area (Å²) >= 11 is 5.72. The average Bonchev–Trinajstić information content (AvgIpc) is 3.04. The van der Waals surface area contributed by atoms with Crippen LogP contribution in [0.25, 0.3) is 11.5 Å². The molecule has 2 heterocycles. The summed E-state index contributed by atoms with van der Waals surface area (Å²) in [5.41, 5.74) is 6.56. The SMILES string of the molecule is Nc1[nH]ncc1-c1nc(Cc2cccc(Cl)c2F)no1. The number of nitrogens with one attached hydrogen (secondary N) is 1. The summed E-state index contributed by atoms with van der Waals surface area (Å²) in [5, 5.41) is 10.2. The summed E-state index contributed by atoms with van der Waals surface area (Å²) in [6, 6.07) is 4.76. The Morgan fingerprint density at radius 2 is 2.25 bits per heavy atom. The predicted molar refractivity (Wildman–Crippen MR) is 70.5 cm³/mol. The molecule has 20 heavy (non-hydrogen) atoms. The maximum Gasteiger partial charge on any atom is 0.263 e. The molecule has 0 spiro atoms. The Morgan fingerprint density at radius 3 is 3.00 bits per heavy atom. The maximum absolute atomic E-state index is 13.8. The number of hydrogen-bond donors (Lipinski definition) is 2. The van der Waals surface area contributed by atoms with Crippen molar-refractivity contribution in [2.75, 3.05) is 5.73 Å². The lowest BCUT2D eigenvalue weighted by Crippen LogP contribution is -1.95. The van der Waals surface area contributed by atoms with Gasteiger partial charge in [0.25, 0.3) is 5.89 Å². The Hall–Kier alpha value is -2.41. The molecule has 0 saturated heterocycles. The first-order chi connectivity index (χ1) is 9.65. The molecule has 0 unspecified atom stereocenters. The van der Waals surface area contributed by atoms with E-state index >= 15 is 0 Å². The molecule has 102 valence electrons. The van der Waals surface area contributed by atoms with Crippen LogP contribution >= 0.6 is 11.6 Å². The van der Waals surface area contributed by atoms with Crippen LogP contribution in [0.1, 0.15) is 11.4 Å². The number of halogens is 2. The number of aromatic amines is 1. The van der Waals surface area contributed by atoms with E-state index in [1.165, 1.54) is 12.3 Å². The van der Waals surface area contributed by atoms with Crippen molar-refractivity contribution in [2.24, 2.45) is 0 Å². The zero-order valence-electron chi connectivity index (χ0n) is 10.1. The molecule has 3 rings (SSSR count). The molecule has 2 aromatic heterocycles. The van der Waals surface area contributed by atoms with Crippen molar-refractivity contribution in [3.8, 4) is 11.5 Å². The molecule has 8 heteroatoms. The normalized spacial score (nSPS) is 10.9. The average molecular weight is 294 g/mol. The smallest absolute Gasteiger partial charge is 0.263 e. The van der Waals surface area contributed by atoms with Crippen molar-refractivity contribution in [3.05, 3.63) is 46.6 Å². The first kappa shape index (κ1) is 12.6. The third-order valence-corrected chi connectivity index (χ3v) is 3.04. The number of nitrogens with zero attached hydrogens (tertiary/aromatic N) is 3.